The lowest BCUT2D eigenvalue weighted by Crippen LogP contribution is -3.04. The maximum atomic E-state index is 13.4. The van der Waals surface area contributed by atoms with E-state index in [1.165, 1.54) is 0 Å². The second-order valence-electron chi connectivity index (χ2n) is 8.35. The molecule has 1 atom stereocenters. The van der Waals surface area contributed by atoms with E-state index in [0.29, 0.717) is 18.0 Å². The van der Waals surface area contributed by atoms with Crippen molar-refractivity contribution in [2.24, 2.45) is 0 Å². The van der Waals surface area contributed by atoms with Crippen molar-refractivity contribution in [2.75, 3.05) is 16.9 Å². The van der Waals surface area contributed by atoms with Crippen molar-refractivity contribution in [3.05, 3.63) is 96.2 Å². The second-order valence-corrected chi connectivity index (χ2v) is 9.10. The molecule has 3 N–H and O–H groups in total. The summed E-state index contributed by atoms with van der Waals surface area (Å²) in [6.07, 6.45) is 1.64. The highest BCUT2D eigenvalue weighted by Crippen LogP contribution is 2.38. The van der Waals surface area contributed by atoms with Gasteiger partial charge in [0.1, 0.15) is 18.0 Å². The molecule has 196 valence electrons. The SMILES string of the molecule is COc1ccccc1N1C(=O)C=C(C)N(c2ccc(O)cc2)C1(C)[NH2+]Cc1ccccc1.[O-][Cl+3]([O-])([O-])[O-]. The van der Waals surface area contributed by atoms with Gasteiger partial charge in [0.05, 0.1) is 12.8 Å². The number of nitrogens with two attached hydrogens (primary N) is 1. The van der Waals surface area contributed by atoms with Crippen LogP contribution in [0.2, 0.25) is 0 Å². The third kappa shape index (κ3) is 6.98. The fourth-order valence-electron chi connectivity index (χ4n) is 4.34. The lowest BCUT2D eigenvalue weighted by Gasteiger charge is -2.49. The molecule has 1 heterocycles. The molecule has 0 bridgehead atoms. The molecule has 10 nitrogen and oxygen atoms in total. The molecule has 4 rings (SSSR count). The number of allylic oxidation sites excluding steroid dienone is 1. The van der Waals surface area contributed by atoms with Crippen molar-refractivity contribution in [2.45, 2.75) is 26.2 Å². The van der Waals surface area contributed by atoms with Gasteiger partial charge in [-0.3, -0.25) is 9.69 Å². The predicted molar refractivity (Wildman–Crippen MR) is 125 cm³/mol. The molecule has 3 aromatic carbocycles. The van der Waals surface area contributed by atoms with Gasteiger partial charge in [-0.15, -0.1) is 10.2 Å². The van der Waals surface area contributed by atoms with Crippen LogP contribution in [0.15, 0.2) is 90.6 Å². The van der Waals surface area contributed by atoms with Crippen LogP contribution in [0.3, 0.4) is 0 Å². The number of methoxy groups -OCH3 is 1. The zero-order valence-corrected chi connectivity index (χ0v) is 21.3. The van der Waals surface area contributed by atoms with Gasteiger partial charge in [-0.05, 0) is 43.3 Å². The molecule has 3 aromatic rings. The highest BCUT2D eigenvalue weighted by Gasteiger charge is 2.49. The van der Waals surface area contributed by atoms with Crippen molar-refractivity contribution in [1.82, 2.24) is 0 Å². The van der Waals surface area contributed by atoms with E-state index in [-0.39, 0.29) is 11.7 Å². The van der Waals surface area contributed by atoms with Gasteiger partial charge in [-0.2, -0.15) is 0 Å². The predicted octanol–water partition coefficient (Wildman–Crippen LogP) is -1.16. The van der Waals surface area contributed by atoms with Gasteiger partial charge in [0.2, 0.25) is 0 Å². The van der Waals surface area contributed by atoms with Crippen LogP contribution < -0.4 is 38.5 Å². The van der Waals surface area contributed by atoms with Gasteiger partial charge in [0.15, 0.2) is 0 Å². The number of quaternary nitrogens is 1. The molecule has 11 heteroatoms. The smallest absolute Gasteiger partial charge is 0.261 e. The zero-order valence-electron chi connectivity index (χ0n) is 20.5. The van der Waals surface area contributed by atoms with Crippen LogP contribution >= 0.6 is 0 Å². The number of phenolic OH excluding ortho intramolecular Hbond substituents is 1. The molecular weight excluding hydrogens is 502 g/mol. The first-order valence-corrected chi connectivity index (χ1v) is 12.4. The van der Waals surface area contributed by atoms with Crippen LogP contribution in [-0.4, -0.2) is 23.9 Å². The normalized spacial score (nSPS) is 17.6. The average Bonchev–Trinajstić information content (AvgIpc) is 2.84. The molecule has 0 spiro atoms. The second kappa shape index (κ2) is 11.6. The largest absolute Gasteiger partial charge is 0.508 e. The van der Waals surface area contributed by atoms with E-state index in [1.807, 2.05) is 68.4 Å². The Morgan fingerprint density at radius 3 is 2.08 bits per heavy atom. The summed E-state index contributed by atoms with van der Waals surface area (Å²) in [5.74, 6) is -0.134. The highest BCUT2D eigenvalue weighted by molar-refractivity contribution is 6.06. The van der Waals surface area contributed by atoms with E-state index in [0.717, 1.165) is 16.9 Å². The summed E-state index contributed by atoms with van der Waals surface area (Å²) in [5, 5.41) is 12.0. The lowest BCUT2D eigenvalue weighted by atomic mass is 10.1. The van der Waals surface area contributed by atoms with Crippen LogP contribution in [0.4, 0.5) is 11.4 Å². The van der Waals surface area contributed by atoms with E-state index in [9.17, 15) is 9.90 Å². The number of nitrogens with zero attached hydrogens (tertiary/aromatic N) is 2. The third-order valence-electron chi connectivity index (χ3n) is 5.81. The first kappa shape index (κ1) is 27.9. The van der Waals surface area contributed by atoms with E-state index in [2.05, 4.69) is 22.3 Å². The molecule has 1 unspecified atom stereocenters. The first-order valence-electron chi connectivity index (χ1n) is 11.2. The number of rotatable bonds is 6. The molecule has 0 fully saturated rings. The zero-order chi connectivity index (χ0) is 27.2. The van der Waals surface area contributed by atoms with Crippen LogP contribution in [0.25, 0.3) is 0 Å². The summed E-state index contributed by atoms with van der Waals surface area (Å²) in [6.45, 7) is 4.63. The number of halogens is 1. The van der Waals surface area contributed by atoms with E-state index < -0.39 is 16.0 Å². The monoisotopic (exact) mass is 529 g/mol. The number of anilines is 2. The van der Waals surface area contributed by atoms with Crippen LogP contribution in [0, 0.1) is 10.2 Å². The topological polar surface area (TPSA) is 162 Å². The van der Waals surface area contributed by atoms with Crippen molar-refractivity contribution in [3.63, 3.8) is 0 Å². The number of phenols is 1. The van der Waals surface area contributed by atoms with Gasteiger partial charge in [0, 0.05) is 29.9 Å². The average molecular weight is 530 g/mol. The van der Waals surface area contributed by atoms with Crippen LogP contribution in [0.1, 0.15) is 19.4 Å². The number of benzene rings is 3. The standard InChI is InChI=1S/C26H27N3O3.ClHO4/c1-19-17-25(31)29(23-11-7-8-12-24(23)32-3)26(2,27-18-20-9-5-4-6-10-20)28(19)21-13-15-22(30)16-14-21;2-1(3,4)5/h4-17,27,30H,18H2,1-3H3;(H,2,3,4,5). The van der Waals surface area contributed by atoms with Crippen molar-refractivity contribution in [1.29, 1.82) is 0 Å². The van der Waals surface area contributed by atoms with E-state index >= 15 is 0 Å². The molecule has 1 aliphatic rings. The molecule has 37 heavy (non-hydrogen) atoms. The molecule has 1 aliphatic heterocycles. The van der Waals surface area contributed by atoms with Gasteiger partial charge < -0.3 is 15.2 Å². The van der Waals surface area contributed by atoms with E-state index in [4.69, 9.17) is 23.4 Å². The Labute approximate surface area is 217 Å². The van der Waals surface area contributed by atoms with Gasteiger partial charge in [-0.1, -0.05) is 42.5 Å². The summed E-state index contributed by atoms with van der Waals surface area (Å²) in [4.78, 5) is 17.3. The third-order valence-corrected chi connectivity index (χ3v) is 5.81. The maximum absolute atomic E-state index is 13.4. The van der Waals surface area contributed by atoms with Gasteiger partial charge in [0.25, 0.3) is 11.7 Å². The number of ether oxygens (including phenoxy) is 1. The Kier molecular flexibility index (Phi) is 8.77. The summed E-state index contributed by atoms with van der Waals surface area (Å²) in [5.41, 5.74) is 3.53. The minimum atomic E-state index is -4.94. The number of carbonyl (C=O) groups excluding carboxylic acids is 1. The fourth-order valence-corrected chi connectivity index (χ4v) is 4.34. The molecule has 0 saturated heterocycles. The number of hydrogen-bond acceptors (Lipinski definition) is 8. The number of carbonyl (C=O) groups is 1. The Bertz CT molecular complexity index is 1230. The molecule has 0 aliphatic carbocycles. The Morgan fingerprint density at radius 1 is 0.919 bits per heavy atom. The minimum absolute atomic E-state index is 0.117. The number of amides is 1. The summed E-state index contributed by atoms with van der Waals surface area (Å²) >= 11 is 0. The maximum Gasteiger partial charge on any atom is 0.261 e. The Balaban J connectivity index is 0.000000695. The fraction of sp³-hybridized carbons (Fsp3) is 0.192. The van der Waals surface area contributed by atoms with Gasteiger partial charge in [-0.25, -0.2) is 23.5 Å². The minimum Gasteiger partial charge on any atom is -0.508 e. The lowest BCUT2D eigenvalue weighted by molar-refractivity contribution is -2.00. The summed E-state index contributed by atoms with van der Waals surface area (Å²) in [7, 11) is -3.34. The van der Waals surface area contributed by atoms with Crippen LogP contribution in [0.5, 0.6) is 11.5 Å². The van der Waals surface area contributed by atoms with Crippen molar-refractivity contribution < 1.29 is 48.8 Å². The highest BCUT2D eigenvalue weighted by atomic mass is 35.7. The number of para-hydroxylation sites is 2. The summed E-state index contributed by atoms with van der Waals surface area (Å²) in [6, 6.07) is 24.7. The van der Waals surface area contributed by atoms with Gasteiger partial charge >= 0.3 is 0 Å². The Morgan fingerprint density at radius 2 is 1.49 bits per heavy atom. The van der Waals surface area contributed by atoms with Crippen molar-refractivity contribution >= 4 is 17.3 Å². The summed E-state index contributed by atoms with van der Waals surface area (Å²) < 4.78 is 39.6. The van der Waals surface area contributed by atoms with E-state index in [1.54, 1.807) is 30.2 Å². The van der Waals surface area contributed by atoms with Crippen molar-refractivity contribution in [3.8, 4) is 11.5 Å². The molecule has 0 aromatic heterocycles. The van der Waals surface area contributed by atoms with Crippen LogP contribution in [-0.2, 0) is 11.3 Å². The number of hydrogen-bond donors (Lipinski definition) is 2. The first-order chi connectivity index (χ1) is 17.4. The quantitative estimate of drug-likeness (QED) is 0.404. The Hall–Kier alpha value is -3.64. The molecule has 1 amide bonds. The molecule has 0 radical (unpaired) electrons. The molecular formula is C26H28ClN3O7. The molecule has 0 saturated carbocycles. The number of aromatic hydroxyl groups is 1.